The topological polar surface area (TPSA) is 76.4 Å². The minimum atomic E-state index is -3.66. The molecule has 22 heavy (non-hydrogen) atoms. The molecule has 0 amide bonds. The molecule has 8 heteroatoms. The van der Waals surface area contributed by atoms with E-state index in [0.29, 0.717) is 17.2 Å². The van der Waals surface area contributed by atoms with E-state index in [2.05, 4.69) is 14.8 Å². The van der Waals surface area contributed by atoms with E-state index in [1.54, 1.807) is 36.4 Å². The van der Waals surface area contributed by atoms with Crippen LogP contribution in [-0.2, 0) is 10.0 Å². The fraction of sp³-hybridized carbons (Fsp3) is 0.143. The number of fused-ring (bicyclic) bond motifs is 1. The molecule has 0 unspecified atom stereocenters. The van der Waals surface area contributed by atoms with Gasteiger partial charge < -0.3 is 0 Å². The molecule has 0 saturated carbocycles. The van der Waals surface area contributed by atoms with Crippen molar-refractivity contribution < 1.29 is 8.42 Å². The maximum absolute atomic E-state index is 12.5. The lowest BCUT2D eigenvalue weighted by molar-refractivity contribution is 0.600. The molecular weight excluding hydrogens is 320 g/mol. The third-order valence-electron chi connectivity index (χ3n) is 3.03. The number of aromatic nitrogens is 3. The number of hydrogen-bond donors (Lipinski definition) is 1. The highest BCUT2D eigenvalue weighted by Gasteiger charge is 2.17. The van der Waals surface area contributed by atoms with Gasteiger partial charge in [-0.15, -0.1) is 11.8 Å². The predicted molar refractivity (Wildman–Crippen MR) is 86.8 cm³/mol. The second kappa shape index (κ2) is 5.62. The van der Waals surface area contributed by atoms with Crippen molar-refractivity contribution in [1.29, 1.82) is 0 Å². The highest BCUT2D eigenvalue weighted by molar-refractivity contribution is 7.98. The first-order valence-corrected chi connectivity index (χ1v) is 9.20. The lowest BCUT2D eigenvalue weighted by Crippen LogP contribution is -2.16. The van der Waals surface area contributed by atoms with Crippen molar-refractivity contribution in [2.24, 2.45) is 0 Å². The van der Waals surface area contributed by atoms with Crippen LogP contribution in [0.4, 0.5) is 5.82 Å². The van der Waals surface area contributed by atoms with Crippen molar-refractivity contribution in [2.75, 3.05) is 11.0 Å². The van der Waals surface area contributed by atoms with Crippen molar-refractivity contribution >= 4 is 33.3 Å². The quantitative estimate of drug-likeness (QED) is 0.742. The third kappa shape index (κ3) is 2.79. The molecule has 2 aromatic heterocycles. The molecule has 114 valence electrons. The smallest absolute Gasteiger partial charge is 0.263 e. The average molecular weight is 334 g/mol. The van der Waals surface area contributed by atoms with Gasteiger partial charge in [-0.2, -0.15) is 9.61 Å². The summed E-state index contributed by atoms with van der Waals surface area (Å²) in [5, 5.41) is 5.12. The molecule has 0 aliphatic carbocycles. The Morgan fingerprint density at radius 1 is 1.18 bits per heavy atom. The number of rotatable bonds is 4. The van der Waals surface area contributed by atoms with E-state index >= 15 is 0 Å². The van der Waals surface area contributed by atoms with Crippen LogP contribution in [0, 0.1) is 6.92 Å². The van der Waals surface area contributed by atoms with Crippen LogP contribution in [0.1, 0.15) is 5.69 Å². The number of aryl methyl sites for hydroxylation is 1. The third-order valence-corrected chi connectivity index (χ3v) is 5.02. The van der Waals surface area contributed by atoms with E-state index < -0.39 is 10.0 Å². The van der Waals surface area contributed by atoms with Crippen LogP contribution in [0.15, 0.2) is 52.4 Å². The van der Waals surface area contributed by atoms with Crippen molar-refractivity contribution in [1.82, 2.24) is 14.6 Å². The van der Waals surface area contributed by atoms with Crippen LogP contribution in [0.3, 0.4) is 0 Å². The second-order valence-electron chi connectivity index (χ2n) is 4.66. The van der Waals surface area contributed by atoms with Crippen LogP contribution in [0.25, 0.3) is 5.65 Å². The predicted octanol–water partition coefficient (Wildman–Crippen LogP) is 2.56. The maximum atomic E-state index is 12.5. The van der Waals surface area contributed by atoms with Crippen molar-refractivity contribution in [3.05, 3.63) is 48.2 Å². The zero-order valence-corrected chi connectivity index (χ0v) is 13.6. The summed E-state index contributed by atoms with van der Waals surface area (Å²) in [7, 11) is -3.66. The SMILES string of the molecule is CSc1cc2nc(C)cc(NS(=O)(=O)c3ccccc3)n2n1. The highest BCUT2D eigenvalue weighted by atomic mass is 32.2. The molecule has 0 radical (unpaired) electrons. The van der Waals surface area contributed by atoms with Crippen molar-refractivity contribution in [2.45, 2.75) is 16.8 Å². The number of nitrogens with one attached hydrogen (secondary N) is 1. The number of benzene rings is 1. The van der Waals surface area contributed by atoms with Gasteiger partial charge in [-0.1, -0.05) is 18.2 Å². The molecule has 0 saturated heterocycles. The van der Waals surface area contributed by atoms with E-state index in [9.17, 15) is 8.42 Å². The summed E-state index contributed by atoms with van der Waals surface area (Å²) in [6, 6.07) is 11.7. The molecule has 3 aromatic rings. The first-order valence-electron chi connectivity index (χ1n) is 6.49. The molecule has 6 nitrogen and oxygen atoms in total. The van der Waals surface area contributed by atoms with E-state index in [-0.39, 0.29) is 4.90 Å². The van der Waals surface area contributed by atoms with Gasteiger partial charge in [-0.3, -0.25) is 4.72 Å². The summed E-state index contributed by atoms with van der Waals surface area (Å²) >= 11 is 1.47. The molecular formula is C14H14N4O2S2. The second-order valence-corrected chi connectivity index (χ2v) is 7.17. The van der Waals surface area contributed by atoms with Crippen LogP contribution in [0.2, 0.25) is 0 Å². The molecule has 2 heterocycles. The lowest BCUT2D eigenvalue weighted by atomic mass is 10.4. The lowest BCUT2D eigenvalue weighted by Gasteiger charge is -2.10. The van der Waals surface area contributed by atoms with Crippen molar-refractivity contribution in [3.8, 4) is 0 Å². The van der Waals surface area contributed by atoms with Gasteiger partial charge in [0.15, 0.2) is 5.65 Å². The van der Waals surface area contributed by atoms with E-state index in [4.69, 9.17) is 0 Å². The van der Waals surface area contributed by atoms with Crippen LogP contribution in [-0.4, -0.2) is 29.3 Å². The number of sulfonamides is 1. The van der Waals surface area contributed by atoms with Gasteiger partial charge in [-0.25, -0.2) is 13.4 Å². The van der Waals surface area contributed by atoms with Crippen LogP contribution >= 0.6 is 11.8 Å². The zero-order valence-electron chi connectivity index (χ0n) is 12.0. The number of thioether (sulfide) groups is 1. The molecule has 1 aromatic carbocycles. The highest BCUT2D eigenvalue weighted by Crippen LogP contribution is 2.21. The Labute approximate surface area is 132 Å². The van der Waals surface area contributed by atoms with Gasteiger partial charge >= 0.3 is 0 Å². The van der Waals surface area contributed by atoms with Crippen LogP contribution in [0.5, 0.6) is 0 Å². The minimum absolute atomic E-state index is 0.204. The molecule has 0 aliphatic heterocycles. The molecule has 1 N–H and O–H groups in total. The molecule has 3 rings (SSSR count). The standard InChI is InChI=1S/C14H14N4O2S2/c1-10-8-13(18-12(15-10)9-14(16-18)21-2)17-22(19,20)11-6-4-3-5-7-11/h3-9,17H,1-2H3. The summed E-state index contributed by atoms with van der Waals surface area (Å²) in [6.07, 6.45) is 1.91. The van der Waals surface area contributed by atoms with E-state index in [1.807, 2.05) is 19.2 Å². The fourth-order valence-electron chi connectivity index (χ4n) is 2.05. The average Bonchev–Trinajstić information content (AvgIpc) is 2.91. The monoisotopic (exact) mass is 334 g/mol. The van der Waals surface area contributed by atoms with Gasteiger partial charge in [0.05, 0.1) is 4.90 Å². The molecule has 0 fully saturated rings. The summed E-state index contributed by atoms with van der Waals surface area (Å²) < 4.78 is 29.0. The summed E-state index contributed by atoms with van der Waals surface area (Å²) in [4.78, 5) is 4.56. The van der Waals surface area contributed by atoms with Gasteiger partial charge in [0.25, 0.3) is 10.0 Å². The Kier molecular flexibility index (Phi) is 3.79. The van der Waals surface area contributed by atoms with Gasteiger partial charge in [0.1, 0.15) is 10.8 Å². The Morgan fingerprint density at radius 3 is 2.59 bits per heavy atom. The number of anilines is 1. The Hall–Kier alpha value is -2.06. The largest absolute Gasteiger partial charge is 0.263 e. The summed E-state index contributed by atoms with van der Waals surface area (Å²) in [5.74, 6) is 0.367. The van der Waals surface area contributed by atoms with Gasteiger partial charge in [-0.05, 0) is 25.3 Å². The van der Waals surface area contributed by atoms with Crippen molar-refractivity contribution in [3.63, 3.8) is 0 Å². The molecule has 0 aliphatic rings. The first kappa shape index (κ1) is 14.9. The van der Waals surface area contributed by atoms with Crippen LogP contribution < -0.4 is 4.72 Å². The molecule has 0 bridgehead atoms. The number of nitrogens with zero attached hydrogens (tertiary/aromatic N) is 3. The molecule has 0 atom stereocenters. The first-order chi connectivity index (χ1) is 10.5. The summed E-state index contributed by atoms with van der Waals surface area (Å²) in [6.45, 7) is 1.81. The Balaban J connectivity index is 2.09. The van der Waals surface area contributed by atoms with Gasteiger partial charge in [0.2, 0.25) is 0 Å². The van der Waals surface area contributed by atoms with E-state index in [1.165, 1.54) is 16.3 Å². The Morgan fingerprint density at radius 2 is 1.91 bits per heavy atom. The zero-order chi connectivity index (χ0) is 15.7. The van der Waals surface area contributed by atoms with E-state index in [0.717, 1.165) is 5.03 Å². The molecule has 0 spiro atoms. The van der Waals surface area contributed by atoms with Gasteiger partial charge in [0, 0.05) is 17.8 Å². The number of hydrogen-bond acceptors (Lipinski definition) is 5. The Bertz CT molecular complexity index is 921. The summed E-state index contributed by atoms with van der Waals surface area (Å²) in [5.41, 5.74) is 1.32. The minimum Gasteiger partial charge on any atom is -0.263 e. The maximum Gasteiger partial charge on any atom is 0.263 e. The normalized spacial score (nSPS) is 11.7. The fourth-order valence-corrected chi connectivity index (χ4v) is 3.49.